The van der Waals surface area contributed by atoms with Gasteiger partial charge in [-0.3, -0.25) is 14.4 Å². The van der Waals surface area contributed by atoms with E-state index in [2.05, 4.69) is 10.6 Å². The molecule has 2 N–H and O–H groups in total. The molecule has 29 heavy (non-hydrogen) atoms. The number of nitrogens with zero attached hydrogens (tertiary/aromatic N) is 1. The summed E-state index contributed by atoms with van der Waals surface area (Å²) >= 11 is 1.30. The summed E-state index contributed by atoms with van der Waals surface area (Å²) < 4.78 is 0. The van der Waals surface area contributed by atoms with E-state index >= 15 is 0 Å². The summed E-state index contributed by atoms with van der Waals surface area (Å²) in [5.74, 6) is -0.525. The first kappa shape index (κ1) is 19.5. The molecule has 2 heterocycles. The zero-order valence-electron chi connectivity index (χ0n) is 16.0. The Labute approximate surface area is 174 Å². The monoisotopic (exact) mass is 409 g/mol. The maximum absolute atomic E-state index is 12.9. The van der Waals surface area contributed by atoms with Crippen molar-refractivity contribution in [1.29, 1.82) is 0 Å². The maximum Gasteiger partial charge on any atom is 0.247 e. The molecule has 1 fully saturated rings. The molecule has 0 spiro atoms. The van der Waals surface area contributed by atoms with Crippen LogP contribution in [-0.2, 0) is 20.9 Å². The van der Waals surface area contributed by atoms with Gasteiger partial charge in [0.25, 0.3) is 0 Å². The molecule has 0 radical (unpaired) electrons. The molecule has 7 heteroatoms. The highest BCUT2D eigenvalue weighted by Crippen LogP contribution is 2.36. The molecular weight excluding hydrogens is 386 g/mol. The van der Waals surface area contributed by atoms with Crippen LogP contribution in [0.1, 0.15) is 18.4 Å². The molecule has 2 aromatic carbocycles. The molecule has 6 nitrogen and oxygen atoms in total. The van der Waals surface area contributed by atoms with Gasteiger partial charge in [0.05, 0.1) is 5.69 Å². The number of benzene rings is 2. The Morgan fingerprint density at radius 1 is 1.03 bits per heavy atom. The van der Waals surface area contributed by atoms with Crippen molar-refractivity contribution in [2.75, 3.05) is 18.4 Å². The van der Waals surface area contributed by atoms with Gasteiger partial charge >= 0.3 is 0 Å². The van der Waals surface area contributed by atoms with Crippen LogP contribution >= 0.6 is 11.8 Å². The number of amides is 3. The van der Waals surface area contributed by atoms with Crippen molar-refractivity contribution in [3.05, 3.63) is 60.2 Å². The normalized spacial score (nSPS) is 19.2. The fourth-order valence-electron chi connectivity index (χ4n) is 3.67. The SMILES string of the molecule is O=C(NCc1ccccc1)C1CCN(C(=O)[C@H]2Sc3ccccc3NC2=O)CC1. The predicted octanol–water partition coefficient (Wildman–Crippen LogP) is 2.65. The Morgan fingerprint density at radius 3 is 2.48 bits per heavy atom. The van der Waals surface area contributed by atoms with Gasteiger partial charge < -0.3 is 15.5 Å². The number of thioether (sulfide) groups is 1. The summed E-state index contributed by atoms with van der Waals surface area (Å²) in [6.45, 7) is 1.50. The highest BCUT2D eigenvalue weighted by Gasteiger charge is 2.37. The van der Waals surface area contributed by atoms with Gasteiger partial charge in [-0.25, -0.2) is 0 Å². The van der Waals surface area contributed by atoms with Gasteiger partial charge in [0.1, 0.15) is 0 Å². The molecule has 0 unspecified atom stereocenters. The summed E-state index contributed by atoms with van der Waals surface area (Å²) in [4.78, 5) is 40.4. The number of rotatable bonds is 4. The van der Waals surface area contributed by atoms with Crippen molar-refractivity contribution in [3.63, 3.8) is 0 Å². The first-order valence-electron chi connectivity index (χ1n) is 9.79. The Balaban J connectivity index is 1.29. The molecule has 4 rings (SSSR count). The first-order valence-corrected chi connectivity index (χ1v) is 10.7. The second kappa shape index (κ2) is 8.69. The molecule has 150 valence electrons. The van der Waals surface area contributed by atoms with Crippen LogP contribution in [-0.4, -0.2) is 41.0 Å². The van der Waals surface area contributed by atoms with E-state index in [0.29, 0.717) is 32.5 Å². The van der Waals surface area contributed by atoms with E-state index in [1.165, 1.54) is 11.8 Å². The van der Waals surface area contributed by atoms with Crippen molar-refractivity contribution >= 4 is 35.2 Å². The lowest BCUT2D eigenvalue weighted by molar-refractivity contribution is -0.137. The van der Waals surface area contributed by atoms with Crippen LogP contribution in [0.15, 0.2) is 59.5 Å². The third-order valence-corrected chi connectivity index (χ3v) is 6.60. The van der Waals surface area contributed by atoms with Gasteiger partial charge in [-0.2, -0.15) is 0 Å². The Morgan fingerprint density at radius 2 is 1.72 bits per heavy atom. The lowest BCUT2D eigenvalue weighted by atomic mass is 9.95. The summed E-state index contributed by atoms with van der Waals surface area (Å²) in [5.41, 5.74) is 1.81. The fourth-order valence-corrected chi connectivity index (χ4v) is 4.74. The van der Waals surface area contributed by atoms with E-state index in [1.807, 2.05) is 54.6 Å². The van der Waals surface area contributed by atoms with Gasteiger partial charge in [0.2, 0.25) is 17.7 Å². The highest BCUT2D eigenvalue weighted by atomic mass is 32.2. The minimum absolute atomic E-state index is 0.0275. The average Bonchev–Trinajstić information content (AvgIpc) is 2.77. The van der Waals surface area contributed by atoms with Crippen molar-refractivity contribution in [1.82, 2.24) is 10.2 Å². The van der Waals surface area contributed by atoms with E-state index in [9.17, 15) is 14.4 Å². The van der Waals surface area contributed by atoms with Gasteiger partial charge in [-0.15, -0.1) is 11.8 Å². The third-order valence-electron chi connectivity index (χ3n) is 5.34. The van der Waals surface area contributed by atoms with Crippen LogP contribution in [0.5, 0.6) is 0 Å². The number of carbonyl (C=O) groups excluding carboxylic acids is 3. The molecule has 0 bridgehead atoms. The Hall–Kier alpha value is -2.80. The van der Waals surface area contributed by atoms with E-state index in [1.54, 1.807) is 4.90 Å². The van der Waals surface area contributed by atoms with E-state index in [0.717, 1.165) is 16.1 Å². The number of fused-ring (bicyclic) bond motifs is 1. The van der Waals surface area contributed by atoms with Crippen LogP contribution < -0.4 is 10.6 Å². The number of anilines is 1. The number of hydrogen-bond donors (Lipinski definition) is 2. The van der Waals surface area contributed by atoms with E-state index in [-0.39, 0.29) is 23.6 Å². The van der Waals surface area contributed by atoms with E-state index in [4.69, 9.17) is 0 Å². The van der Waals surface area contributed by atoms with Crippen LogP contribution in [0.2, 0.25) is 0 Å². The predicted molar refractivity (Wildman–Crippen MR) is 112 cm³/mol. The Bertz CT molecular complexity index is 911. The smallest absolute Gasteiger partial charge is 0.247 e. The number of likely N-dealkylation sites (tertiary alicyclic amines) is 1. The second-order valence-electron chi connectivity index (χ2n) is 7.29. The lowest BCUT2D eigenvalue weighted by Crippen LogP contribution is -2.49. The summed E-state index contributed by atoms with van der Waals surface area (Å²) in [6, 6.07) is 17.3. The van der Waals surface area contributed by atoms with Crippen molar-refractivity contribution in [2.45, 2.75) is 29.5 Å². The molecule has 3 amide bonds. The largest absolute Gasteiger partial charge is 0.352 e. The molecule has 0 aliphatic carbocycles. The van der Waals surface area contributed by atoms with Gasteiger partial charge in [-0.1, -0.05) is 42.5 Å². The molecular formula is C22H23N3O3S. The third kappa shape index (κ3) is 4.45. The molecule has 2 aromatic rings. The van der Waals surface area contributed by atoms with E-state index < -0.39 is 5.25 Å². The van der Waals surface area contributed by atoms with Crippen LogP contribution in [0.3, 0.4) is 0 Å². The number of hydrogen-bond acceptors (Lipinski definition) is 4. The van der Waals surface area contributed by atoms with Crippen LogP contribution in [0.25, 0.3) is 0 Å². The first-order chi connectivity index (χ1) is 14.1. The van der Waals surface area contributed by atoms with Crippen molar-refractivity contribution in [2.24, 2.45) is 5.92 Å². The molecule has 1 saturated heterocycles. The van der Waals surface area contributed by atoms with Gasteiger partial charge in [0.15, 0.2) is 5.25 Å². The summed E-state index contributed by atoms with van der Waals surface area (Å²) in [5, 5.41) is 5.03. The topological polar surface area (TPSA) is 78.5 Å². The van der Waals surface area contributed by atoms with Gasteiger partial charge in [-0.05, 0) is 30.5 Å². The minimum Gasteiger partial charge on any atom is -0.352 e. The maximum atomic E-state index is 12.9. The number of carbonyl (C=O) groups is 3. The molecule has 1 atom stereocenters. The lowest BCUT2D eigenvalue weighted by Gasteiger charge is -2.34. The second-order valence-corrected chi connectivity index (χ2v) is 8.43. The molecule has 0 saturated carbocycles. The summed E-state index contributed by atoms with van der Waals surface area (Å²) in [7, 11) is 0. The molecule has 2 aliphatic heterocycles. The fraction of sp³-hybridized carbons (Fsp3) is 0.318. The highest BCUT2D eigenvalue weighted by molar-refractivity contribution is 8.01. The zero-order valence-corrected chi connectivity index (χ0v) is 16.8. The van der Waals surface area contributed by atoms with Crippen LogP contribution in [0.4, 0.5) is 5.69 Å². The van der Waals surface area contributed by atoms with Crippen molar-refractivity contribution < 1.29 is 14.4 Å². The number of piperidine rings is 1. The molecule has 2 aliphatic rings. The Kier molecular flexibility index (Phi) is 5.85. The van der Waals surface area contributed by atoms with Crippen LogP contribution in [0, 0.1) is 5.92 Å². The summed E-state index contributed by atoms with van der Waals surface area (Å²) in [6.07, 6.45) is 1.23. The number of nitrogens with one attached hydrogen (secondary N) is 2. The van der Waals surface area contributed by atoms with Gasteiger partial charge in [0, 0.05) is 30.4 Å². The standard InChI is InChI=1S/C22H23N3O3S/c26-20(23-14-15-6-2-1-3-7-15)16-10-12-25(13-11-16)22(28)19-21(27)24-17-8-4-5-9-18(17)29-19/h1-9,16,19H,10-14H2,(H,23,26)(H,24,27)/t19-/m0/s1. The minimum atomic E-state index is -0.770. The average molecular weight is 410 g/mol. The molecule has 0 aromatic heterocycles. The quantitative estimate of drug-likeness (QED) is 0.761. The zero-order chi connectivity index (χ0) is 20.2. The van der Waals surface area contributed by atoms with Crippen molar-refractivity contribution in [3.8, 4) is 0 Å². The number of para-hydroxylation sites is 1.